The first-order chi connectivity index (χ1) is 37.6. The second kappa shape index (κ2) is 48.6. The minimum atomic E-state index is -1.79. The molecule has 0 aromatic rings. The van der Waals surface area contributed by atoms with Crippen molar-refractivity contribution in [3.8, 4) is 0 Å². The van der Waals surface area contributed by atoms with Crippen molar-refractivity contribution in [2.24, 2.45) is 0 Å². The van der Waals surface area contributed by atoms with E-state index >= 15 is 0 Å². The van der Waals surface area contributed by atoms with Gasteiger partial charge >= 0.3 is 0 Å². The van der Waals surface area contributed by atoms with E-state index in [1.165, 1.54) is 167 Å². The lowest BCUT2D eigenvalue weighted by Crippen LogP contribution is -2.65. The number of rotatable bonds is 50. The normalized spacial score (nSPS) is 25.0. The highest BCUT2D eigenvalue weighted by Crippen LogP contribution is 2.30. The maximum absolute atomic E-state index is 13.3. The lowest BCUT2D eigenvalue weighted by Gasteiger charge is -2.46. The standard InChI is InChI=1S/C63H115NO13/c1-3-5-7-9-11-13-15-17-19-21-23-24-25-26-27-28-29-30-32-34-36-38-40-42-44-46-52(67)51(64-55(68)47-45-43-41-39-37-35-33-31-22-20-18-16-14-12-10-8-6-4-2)50-74-62-60(73)58(71)61(54(49-66)76-62)77-63-59(72)57(70)56(69)53(48-65)75-63/h20,22,29-30,36,38,44,46,51-54,56-63,65-67,69-73H,3-19,21,23-28,31-35,37,39-43,45,47-50H2,1-2H3,(H,64,68)/b22-20-,30-29+,38-36+,46-44+. The third-order valence-electron chi connectivity index (χ3n) is 15.2. The van der Waals surface area contributed by atoms with Gasteiger partial charge in [-0.25, -0.2) is 0 Å². The fourth-order valence-corrected chi connectivity index (χ4v) is 10.1. The quantitative estimate of drug-likeness (QED) is 0.0204. The summed E-state index contributed by atoms with van der Waals surface area (Å²) in [6.07, 6.45) is 44.4. The maximum Gasteiger partial charge on any atom is 0.220 e. The lowest BCUT2D eigenvalue weighted by molar-refractivity contribution is -0.359. The SMILES string of the molecule is CCCCCCCCC/C=C\CCCCCCCCCC(=O)NC(COC1OC(CO)C(OC2OC(CO)C(O)C(O)C2O)C(O)C1O)C(O)/C=C/CC/C=C/CC/C=C/CCCCCCCCCCCCCCCCC. The third kappa shape index (κ3) is 34.1. The second-order valence-corrected chi connectivity index (χ2v) is 22.2. The third-order valence-corrected chi connectivity index (χ3v) is 15.2. The number of unbranched alkanes of at least 4 members (excludes halogenated alkanes) is 31. The van der Waals surface area contributed by atoms with E-state index in [9.17, 15) is 45.6 Å². The lowest BCUT2D eigenvalue weighted by atomic mass is 9.97. The van der Waals surface area contributed by atoms with Crippen LogP contribution >= 0.6 is 0 Å². The molecule has 0 aromatic heterocycles. The van der Waals surface area contributed by atoms with E-state index in [-0.39, 0.29) is 18.9 Å². The van der Waals surface area contributed by atoms with Gasteiger partial charge in [-0.15, -0.1) is 0 Å². The predicted molar refractivity (Wildman–Crippen MR) is 309 cm³/mol. The fraction of sp³-hybridized carbons (Fsp3) is 0.857. The highest BCUT2D eigenvalue weighted by Gasteiger charge is 2.51. The van der Waals surface area contributed by atoms with Gasteiger partial charge in [0.05, 0.1) is 32.0 Å². The van der Waals surface area contributed by atoms with E-state index in [4.69, 9.17) is 18.9 Å². The van der Waals surface area contributed by atoms with Crippen molar-refractivity contribution in [1.29, 1.82) is 0 Å². The molecule has 2 aliphatic rings. The summed E-state index contributed by atoms with van der Waals surface area (Å²) in [7, 11) is 0. The van der Waals surface area contributed by atoms with E-state index in [0.717, 1.165) is 51.4 Å². The fourth-order valence-electron chi connectivity index (χ4n) is 10.1. The molecule has 14 heteroatoms. The van der Waals surface area contributed by atoms with Gasteiger partial charge in [-0.2, -0.15) is 0 Å². The monoisotopic (exact) mass is 1090 g/mol. The number of ether oxygens (including phenoxy) is 4. The number of carbonyl (C=O) groups excluding carboxylic acids is 1. The Morgan fingerprint density at radius 2 is 0.831 bits per heavy atom. The molecule has 9 N–H and O–H groups in total. The van der Waals surface area contributed by atoms with Crippen LogP contribution in [0.4, 0.5) is 0 Å². The molecule has 0 aliphatic carbocycles. The molecule has 2 aliphatic heterocycles. The molecule has 2 fully saturated rings. The van der Waals surface area contributed by atoms with Gasteiger partial charge in [0.1, 0.15) is 48.8 Å². The van der Waals surface area contributed by atoms with Gasteiger partial charge in [0, 0.05) is 6.42 Å². The highest BCUT2D eigenvalue weighted by atomic mass is 16.7. The largest absolute Gasteiger partial charge is 0.394 e. The Morgan fingerprint density at radius 3 is 1.27 bits per heavy atom. The van der Waals surface area contributed by atoms with E-state index in [1.54, 1.807) is 6.08 Å². The van der Waals surface area contributed by atoms with Crippen LogP contribution in [0.1, 0.15) is 251 Å². The molecular weight excluding hydrogens is 979 g/mol. The zero-order chi connectivity index (χ0) is 56.0. The zero-order valence-corrected chi connectivity index (χ0v) is 48.5. The summed E-state index contributed by atoms with van der Waals surface area (Å²) in [5, 5.41) is 87.1. The Balaban J connectivity index is 1.77. The van der Waals surface area contributed by atoms with Crippen LogP contribution in [0, 0.1) is 0 Å². The first kappa shape index (κ1) is 71.1. The Kier molecular flexibility index (Phi) is 44.9. The van der Waals surface area contributed by atoms with Gasteiger partial charge in [-0.05, 0) is 70.6 Å². The van der Waals surface area contributed by atoms with Crippen molar-refractivity contribution in [3.63, 3.8) is 0 Å². The molecule has 2 saturated heterocycles. The molecule has 0 spiro atoms. The van der Waals surface area contributed by atoms with Crippen LogP contribution in [0.3, 0.4) is 0 Å². The van der Waals surface area contributed by atoms with Crippen LogP contribution < -0.4 is 5.32 Å². The number of carbonyl (C=O) groups is 1. The predicted octanol–water partition coefficient (Wildman–Crippen LogP) is 11.2. The minimum Gasteiger partial charge on any atom is -0.394 e. The number of aliphatic hydroxyl groups excluding tert-OH is 8. The van der Waals surface area contributed by atoms with Crippen molar-refractivity contribution in [1.82, 2.24) is 5.32 Å². The summed E-state index contributed by atoms with van der Waals surface area (Å²) in [6.45, 7) is 2.79. The Morgan fingerprint density at radius 1 is 0.455 bits per heavy atom. The average Bonchev–Trinajstić information content (AvgIpc) is 3.44. The number of aliphatic hydroxyl groups is 8. The Hall–Kier alpha value is -2.05. The van der Waals surface area contributed by atoms with Crippen LogP contribution in [-0.2, 0) is 23.7 Å². The van der Waals surface area contributed by atoms with E-state index < -0.39 is 86.8 Å². The summed E-state index contributed by atoms with van der Waals surface area (Å²) >= 11 is 0. The summed E-state index contributed by atoms with van der Waals surface area (Å²) in [4.78, 5) is 13.3. The zero-order valence-electron chi connectivity index (χ0n) is 48.5. The topological polar surface area (TPSA) is 228 Å². The molecule has 0 bridgehead atoms. The molecule has 1 amide bonds. The molecule has 12 unspecified atom stereocenters. The molecule has 14 nitrogen and oxygen atoms in total. The number of hydrogen-bond acceptors (Lipinski definition) is 13. The van der Waals surface area contributed by atoms with Crippen molar-refractivity contribution in [2.45, 2.75) is 325 Å². The summed E-state index contributed by atoms with van der Waals surface area (Å²) in [5.41, 5.74) is 0. The first-order valence-corrected chi connectivity index (χ1v) is 31.4. The van der Waals surface area contributed by atoms with E-state index in [1.807, 2.05) is 6.08 Å². The van der Waals surface area contributed by atoms with E-state index in [0.29, 0.717) is 12.8 Å². The number of allylic oxidation sites excluding steroid dienone is 7. The van der Waals surface area contributed by atoms with Gasteiger partial charge in [0.2, 0.25) is 5.91 Å². The molecule has 450 valence electrons. The first-order valence-electron chi connectivity index (χ1n) is 31.4. The van der Waals surface area contributed by atoms with Gasteiger partial charge in [0.25, 0.3) is 0 Å². The van der Waals surface area contributed by atoms with Crippen LogP contribution in [-0.4, -0.2) is 140 Å². The molecule has 12 atom stereocenters. The molecule has 77 heavy (non-hydrogen) atoms. The van der Waals surface area contributed by atoms with Crippen LogP contribution in [0.2, 0.25) is 0 Å². The smallest absolute Gasteiger partial charge is 0.220 e. The van der Waals surface area contributed by atoms with E-state index in [2.05, 4.69) is 55.6 Å². The second-order valence-electron chi connectivity index (χ2n) is 22.2. The van der Waals surface area contributed by atoms with Crippen molar-refractivity contribution < 1.29 is 64.6 Å². The number of nitrogens with one attached hydrogen (secondary N) is 1. The van der Waals surface area contributed by atoms with Crippen molar-refractivity contribution in [3.05, 3.63) is 48.6 Å². The summed E-state index contributed by atoms with van der Waals surface area (Å²) in [6, 6.07) is -0.941. The average molecular weight is 1090 g/mol. The molecule has 0 saturated carbocycles. The molecular formula is C63H115NO13. The maximum atomic E-state index is 13.3. The van der Waals surface area contributed by atoms with Gasteiger partial charge < -0.3 is 65.1 Å². The van der Waals surface area contributed by atoms with Crippen LogP contribution in [0.25, 0.3) is 0 Å². The number of hydrogen-bond donors (Lipinski definition) is 9. The van der Waals surface area contributed by atoms with Crippen molar-refractivity contribution in [2.75, 3.05) is 19.8 Å². The molecule has 0 aromatic carbocycles. The number of amides is 1. The van der Waals surface area contributed by atoms with Gasteiger partial charge in [-0.3, -0.25) is 4.79 Å². The minimum absolute atomic E-state index is 0.257. The molecule has 2 heterocycles. The van der Waals surface area contributed by atoms with Crippen LogP contribution in [0.5, 0.6) is 0 Å². The van der Waals surface area contributed by atoms with Crippen LogP contribution in [0.15, 0.2) is 48.6 Å². The van der Waals surface area contributed by atoms with Gasteiger partial charge in [0.15, 0.2) is 12.6 Å². The molecule has 2 rings (SSSR count). The summed E-state index contributed by atoms with van der Waals surface area (Å²) in [5.74, 6) is -0.257. The Labute approximate surface area is 467 Å². The van der Waals surface area contributed by atoms with Gasteiger partial charge in [-0.1, -0.05) is 223 Å². The molecule has 0 radical (unpaired) electrons. The Bertz CT molecular complexity index is 1480. The van der Waals surface area contributed by atoms with Crippen molar-refractivity contribution >= 4 is 5.91 Å². The highest BCUT2D eigenvalue weighted by molar-refractivity contribution is 5.76. The summed E-state index contributed by atoms with van der Waals surface area (Å²) < 4.78 is 22.8.